The Kier molecular flexibility index (Phi) is 10.4. The van der Waals surface area contributed by atoms with Gasteiger partial charge in [0.05, 0.1) is 24.9 Å². The van der Waals surface area contributed by atoms with Crippen LogP contribution in [0.25, 0.3) is 0 Å². The zero-order valence-electron chi connectivity index (χ0n) is 18.4. The number of aromatic amines is 1. The molecule has 184 valence electrons. The molecule has 5 unspecified atom stereocenters. The Bertz CT molecular complexity index is 841. The molecule has 0 aromatic carbocycles. The molecule has 0 spiro atoms. The first-order valence-corrected chi connectivity index (χ1v) is 10.1. The van der Waals surface area contributed by atoms with Gasteiger partial charge in [0.2, 0.25) is 17.7 Å². The normalized spacial score (nSPS) is 15.6. The van der Waals surface area contributed by atoms with Crippen molar-refractivity contribution in [1.82, 2.24) is 25.9 Å². The summed E-state index contributed by atoms with van der Waals surface area (Å²) in [5.41, 5.74) is 6.29. The Labute approximate surface area is 189 Å². The number of carboxylic acid groups (broad SMARTS) is 2. The lowest BCUT2D eigenvalue weighted by molar-refractivity contribution is -0.146. The lowest BCUT2D eigenvalue weighted by Crippen LogP contribution is -2.59. The summed E-state index contributed by atoms with van der Waals surface area (Å²) in [5, 5.41) is 34.5. The number of imidazole rings is 1. The van der Waals surface area contributed by atoms with Gasteiger partial charge >= 0.3 is 11.9 Å². The predicted octanol–water partition coefficient (Wildman–Crippen LogP) is -2.67. The molecule has 1 rings (SSSR count). The Morgan fingerprint density at radius 1 is 1.00 bits per heavy atom. The highest BCUT2D eigenvalue weighted by Crippen LogP contribution is 2.05. The third kappa shape index (κ3) is 8.86. The van der Waals surface area contributed by atoms with Gasteiger partial charge in [-0.25, -0.2) is 9.78 Å². The minimum Gasteiger partial charge on any atom is -0.481 e. The molecule has 1 aromatic rings. The lowest BCUT2D eigenvalue weighted by atomic mass is 10.0. The van der Waals surface area contributed by atoms with E-state index in [1.807, 2.05) is 5.32 Å². The van der Waals surface area contributed by atoms with Crippen LogP contribution in [-0.4, -0.2) is 85.2 Å². The molecule has 0 aliphatic heterocycles. The Hall–Kier alpha value is -3.52. The lowest BCUT2D eigenvalue weighted by Gasteiger charge is -2.25. The zero-order valence-corrected chi connectivity index (χ0v) is 18.4. The average molecular weight is 470 g/mol. The number of aliphatic hydroxyl groups excluding tert-OH is 1. The monoisotopic (exact) mass is 470 g/mol. The van der Waals surface area contributed by atoms with Crippen LogP contribution in [0.4, 0.5) is 0 Å². The summed E-state index contributed by atoms with van der Waals surface area (Å²) in [6.07, 6.45) is 0.331. The molecule has 33 heavy (non-hydrogen) atoms. The standard InChI is InChI=1S/C19H30N6O8/c1-8(2)14(20)18(31)24-11(4-10-6-21-7-22-10)16(29)23-12(5-13(27)28)17(30)25-15(9(3)26)19(32)33/h6-9,11-12,14-15,26H,4-5,20H2,1-3H3,(H,21,22)(H,23,29)(H,24,31)(H,25,30)(H,27,28)(H,32,33). The first-order chi connectivity index (χ1) is 15.3. The van der Waals surface area contributed by atoms with E-state index in [0.717, 1.165) is 6.92 Å². The number of rotatable bonds is 13. The van der Waals surface area contributed by atoms with Gasteiger partial charge in [-0.1, -0.05) is 13.8 Å². The number of aliphatic carboxylic acids is 2. The van der Waals surface area contributed by atoms with E-state index in [1.54, 1.807) is 13.8 Å². The van der Waals surface area contributed by atoms with Crippen molar-refractivity contribution in [1.29, 1.82) is 0 Å². The average Bonchev–Trinajstić information content (AvgIpc) is 3.22. The number of H-pyrrole nitrogens is 1. The van der Waals surface area contributed by atoms with E-state index >= 15 is 0 Å². The van der Waals surface area contributed by atoms with Crippen LogP contribution in [0.15, 0.2) is 12.5 Å². The van der Waals surface area contributed by atoms with Gasteiger partial charge < -0.3 is 42.0 Å². The molecule has 3 amide bonds. The number of carbonyl (C=O) groups excluding carboxylic acids is 3. The van der Waals surface area contributed by atoms with Crippen molar-refractivity contribution in [3.05, 3.63) is 18.2 Å². The summed E-state index contributed by atoms with van der Waals surface area (Å²) in [4.78, 5) is 66.9. The van der Waals surface area contributed by atoms with E-state index in [1.165, 1.54) is 12.5 Å². The summed E-state index contributed by atoms with van der Waals surface area (Å²) in [6.45, 7) is 4.54. The predicted molar refractivity (Wildman–Crippen MR) is 112 cm³/mol. The molecule has 0 fully saturated rings. The van der Waals surface area contributed by atoms with Crippen molar-refractivity contribution in [3.8, 4) is 0 Å². The van der Waals surface area contributed by atoms with Gasteiger partial charge in [-0.05, 0) is 12.8 Å². The van der Waals surface area contributed by atoms with Crippen LogP contribution < -0.4 is 21.7 Å². The molecular weight excluding hydrogens is 440 g/mol. The number of nitrogens with one attached hydrogen (secondary N) is 4. The van der Waals surface area contributed by atoms with E-state index in [9.17, 15) is 29.1 Å². The largest absolute Gasteiger partial charge is 0.481 e. The van der Waals surface area contributed by atoms with Gasteiger partial charge in [0.25, 0.3) is 0 Å². The van der Waals surface area contributed by atoms with Crippen LogP contribution in [0.2, 0.25) is 0 Å². The van der Waals surface area contributed by atoms with Gasteiger partial charge in [-0.15, -0.1) is 0 Å². The summed E-state index contributed by atoms with van der Waals surface area (Å²) < 4.78 is 0. The highest BCUT2D eigenvalue weighted by atomic mass is 16.4. The highest BCUT2D eigenvalue weighted by molar-refractivity contribution is 5.95. The number of hydrogen-bond acceptors (Lipinski definition) is 8. The summed E-state index contributed by atoms with van der Waals surface area (Å²) in [6, 6.07) is -5.59. The van der Waals surface area contributed by atoms with E-state index in [0.29, 0.717) is 5.69 Å². The molecule has 14 heteroatoms. The second kappa shape index (κ2) is 12.5. The topological polar surface area (TPSA) is 237 Å². The first kappa shape index (κ1) is 27.5. The summed E-state index contributed by atoms with van der Waals surface area (Å²) in [5.74, 6) is -5.91. The zero-order chi connectivity index (χ0) is 25.3. The van der Waals surface area contributed by atoms with E-state index in [-0.39, 0.29) is 12.3 Å². The maximum Gasteiger partial charge on any atom is 0.328 e. The fourth-order valence-corrected chi connectivity index (χ4v) is 2.69. The number of aromatic nitrogens is 2. The van der Waals surface area contributed by atoms with Crippen molar-refractivity contribution >= 4 is 29.7 Å². The third-order valence-electron chi connectivity index (χ3n) is 4.69. The number of carbonyl (C=O) groups is 5. The van der Waals surface area contributed by atoms with Crippen LogP contribution >= 0.6 is 0 Å². The van der Waals surface area contributed by atoms with Crippen LogP contribution in [0.1, 0.15) is 32.9 Å². The minimum atomic E-state index is -1.73. The van der Waals surface area contributed by atoms with E-state index in [2.05, 4.69) is 20.6 Å². The molecule has 5 atom stereocenters. The number of hydrogen-bond donors (Lipinski definition) is 8. The molecular formula is C19H30N6O8. The summed E-state index contributed by atoms with van der Waals surface area (Å²) in [7, 11) is 0. The number of aliphatic hydroxyl groups is 1. The highest BCUT2D eigenvalue weighted by Gasteiger charge is 2.33. The van der Waals surface area contributed by atoms with Crippen molar-refractivity contribution in [2.45, 2.75) is 63.9 Å². The SMILES string of the molecule is CC(C)C(N)C(=O)NC(Cc1cnc[nH]1)C(=O)NC(CC(=O)O)C(=O)NC(C(=O)O)C(C)O. The van der Waals surface area contributed by atoms with Crippen LogP contribution in [-0.2, 0) is 30.4 Å². The van der Waals surface area contributed by atoms with Gasteiger partial charge in [0, 0.05) is 18.3 Å². The molecule has 14 nitrogen and oxygen atoms in total. The molecule has 0 saturated heterocycles. The number of nitrogens with zero attached hydrogens (tertiary/aromatic N) is 1. The number of nitrogens with two attached hydrogens (primary N) is 1. The van der Waals surface area contributed by atoms with E-state index < -0.39 is 66.4 Å². The fraction of sp³-hybridized carbons (Fsp3) is 0.579. The van der Waals surface area contributed by atoms with Gasteiger partial charge in [0.15, 0.2) is 6.04 Å². The van der Waals surface area contributed by atoms with Crippen molar-refractivity contribution < 1.29 is 39.3 Å². The molecule has 1 heterocycles. The quantitative estimate of drug-likeness (QED) is 0.149. The molecule has 0 saturated carbocycles. The van der Waals surface area contributed by atoms with E-state index in [4.69, 9.17) is 15.9 Å². The first-order valence-electron chi connectivity index (χ1n) is 10.1. The van der Waals surface area contributed by atoms with Crippen LogP contribution in [0, 0.1) is 5.92 Å². The molecule has 1 aromatic heterocycles. The third-order valence-corrected chi connectivity index (χ3v) is 4.69. The number of amides is 3. The minimum absolute atomic E-state index is 0.0742. The van der Waals surface area contributed by atoms with Gasteiger partial charge in [0.1, 0.15) is 12.1 Å². The molecule has 9 N–H and O–H groups in total. The molecule has 0 aliphatic rings. The van der Waals surface area contributed by atoms with Crippen molar-refractivity contribution in [2.24, 2.45) is 11.7 Å². The fourth-order valence-electron chi connectivity index (χ4n) is 2.69. The van der Waals surface area contributed by atoms with Gasteiger partial charge in [-0.2, -0.15) is 0 Å². The van der Waals surface area contributed by atoms with Crippen molar-refractivity contribution in [2.75, 3.05) is 0 Å². The van der Waals surface area contributed by atoms with Crippen LogP contribution in [0.5, 0.6) is 0 Å². The maximum atomic E-state index is 12.9. The Morgan fingerprint density at radius 2 is 1.58 bits per heavy atom. The van der Waals surface area contributed by atoms with Crippen LogP contribution in [0.3, 0.4) is 0 Å². The molecule has 0 aliphatic carbocycles. The Balaban J connectivity index is 3.07. The second-order valence-corrected chi connectivity index (χ2v) is 7.84. The molecule has 0 bridgehead atoms. The van der Waals surface area contributed by atoms with Crippen molar-refractivity contribution in [3.63, 3.8) is 0 Å². The maximum absolute atomic E-state index is 12.9. The number of carboxylic acids is 2. The summed E-state index contributed by atoms with van der Waals surface area (Å²) >= 11 is 0. The smallest absolute Gasteiger partial charge is 0.328 e. The second-order valence-electron chi connectivity index (χ2n) is 7.84. The molecule has 0 radical (unpaired) electrons. The van der Waals surface area contributed by atoms with Gasteiger partial charge in [-0.3, -0.25) is 19.2 Å². The Morgan fingerprint density at radius 3 is 2.03 bits per heavy atom.